The number of carbonyl (C=O) groups excluding carboxylic acids is 1. The molecule has 0 radical (unpaired) electrons. The summed E-state index contributed by atoms with van der Waals surface area (Å²) >= 11 is 0. The Balaban J connectivity index is 3.30. The summed E-state index contributed by atoms with van der Waals surface area (Å²) in [5, 5.41) is 17.2. The van der Waals surface area contributed by atoms with E-state index in [-0.39, 0.29) is 11.7 Å². The number of rotatable bonds is 2. The minimum atomic E-state index is -1.92. The SMILES string of the molecule is O=Cc1cc(B(O)O)cc(F)c1F. The van der Waals surface area contributed by atoms with Crippen molar-refractivity contribution in [2.45, 2.75) is 0 Å². The van der Waals surface area contributed by atoms with E-state index in [0.717, 1.165) is 6.07 Å². The average molecular weight is 186 g/mol. The van der Waals surface area contributed by atoms with Gasteiger partial charge in [0.2, 0.25) is 0 Å². The third kappa shape index (κ3) is 1.91. The van der Waals surface area contributed by atoms with Crippen molar-refractivity contribution in [1.82, 2.24) is 0 Å². The molecule has 0 unspecified atom stereocenters. The lowest BCUT2D eigenvalue weighted by atomic mass is 9.79. The normalized spacial score (nSPS) is 9.85. The highest BCUT2D eigenvalue weighted by atomic mass is 19.2. The van der Waals surface area contributed by atoms with Crippen LogP contribution in [0.2, 0.25) is 0 Å². The molecule has 0 fully saturated rings. The third-order valence-corrected chi connectivity index (χ3v) is 1.50. The lowest BCUT2D eigenvalue weighted by molar-refractivity contribution is 0.111. The molecule has 0 bridgehead atoms. The van der Waals surface area contributed by atoms with Gasteiger partial charge < -0.3 is 10.0 Å². The van der Waals surface area contributed by atoms with Crippen molar-refractivity contribution in [3.63, 3.8) is 0 Å². The van der Waals surface area contributed by atoms with Crippen LogP contribution in [0.3, 0.4) is 0 Å². The summed E-state index contributed by atoms with van der Waals surface area (Å²) in [4.78, 5) is 10.2. The van der Waals surface area contributed by atoms with Crippen LogP contribution < -0.4 is 5.46 Å². The minimum Gasteiger partial charge on any atom is -0.423 e. The number of benzene rings is 1. The molecule has 0 spiro atoms. The third-order valence-electron chi connectivity index (χ3n) is 1.50. The molecule has 13 heavy (non-hydrogen) atoms. The number of carbonyl (C=O) groups is 1. The predicted octanol–water partition coefficient (Wildman–Crippen LogP) is -0.543. The molecule has 1 aromatic rings. The van der Waals surface area contributed by atoms with Gasteiger partial charge in [0.25, 0.3) is 0 Å². The number of halogens is 2. The first-order valence-electron chi connectivity index (χ1n) is 3.36. The molecule has 0 saturated carbocycles. The second kappa shape index (κ2) is 3.63. The van der Waals surface area contributed by atoms with E-state index >= 15 is 0 Å². The second-order valence-corrected chi connectivity index (χ2v) is 2.40. The van der Waals surface area contributed by atoms with Crippen molar-refractivity contribution >= 4 is 18.9 Å². The monoisotopic (exact) mass is 186 g/mol. The van der Waals surface area contributed by atoms with E-state index in [0.29, 0.717) is 6.07 Å². The maximum atomic E-state index is 12.7. The average Bonchev–Trinajstić information content (AvgIpc) is 2.09. The van der Waals surface area contributed by atoms with Crippen molar-refractivity contribution in [3.8, 4) is 0 Å². The van der Waals surface area contributed by atoms with Gasteiger partial charge in [-0.3, -0.25) is 4.79 Å². The summed E-state index contributed by atoms with van der Waals surface area (Å²) in [7, 11) is -1.92. The number of aldehydes is 1. The topological polar surface area (TPSA) is 57.5 Å². The Kier molecular flexibility index (Phi) is 2.74. The largest absolute Gasteiger partial charge is 0.488 e. The fourth-order valence-corrected chi connectivity index (χ4v) is 0.867. The van der Waals surface area contributed by atoms with E-state index < -0.39 is 24.3 Å². The van der Waals surface area contributed by atoms with E-state index in [4.69, 9.17) is 10.0 Å². The molecule has 0 heterocycles. The fraction of sp³-hybridized carbons (Fsp3) is 0. The molecular formula is C7H5BF2O3. The van der Waals surface area contributed by atoms with E-state index in [1.54, 1.807) is 0 Å². The van der Waals surface area contributed by atoms with Gasteiger partial charge in [0.1, 0.15) is 0 Å². The lowest BCUT2D eigenvalue weighted by Gasteiger charge is -2.02. The van der Waals surface area contributed by atoms with Crippen LogP contribution in [0.15, 0.2) is 12.1 Å². The molecular weight excluding hydrogens is 181 g/mol. The van der Waals surface area contributed by atoms with E-state index in [2.05, 4.69) is 0 Å². The molecule has 0 aromatic heterocycles. The summed E-state index contributed by atoms with van der Waals surface area (Å²) < 4.78 is 25.3. The summed E-state index contributed by atoms with van der Waals surface area (Å²) in [6.45, 7) is 0. The molecule has 68 valence electrons. The fourth-order valence-electron chi connectivity index (χ4n) is 0.867. The van der Waals surface area contributed by atoms with Crippen LogP contribution in [0.25, 0.3) is 0 Å². The van der Waals surface area contributed by atoms with Crippen LogP contribution in [0, 0.1) is 11.6 Å². The summed E-state index contributed by atoms with van der Waals surface area (Å²) in [5.41, 5.74) is -0.802. The Hall–Kier alpha value is -1.27. The summed E-state index contributed by atoms with van der Waals surface area (Å²) in [6, 6.07) is 1.49. The van der Waals surface area contributed by atoms with E-state index in [9.17, 15) is 13.6 Å². The smallest absolute Gasteiger partial charge is 0.423 e. The molecule has 2 N–H and O–H groups in total. The Morgan fingerprint density at radius 2 is 1.92 bits per heavy atom. The molecule has 0 saturated heterocycles. The van der Waals surface area contributed by atoms with Gasteiger partial charge in [-0.1, -0.05) is 0 Å². The first-order valence-corrected chi connectivity index (χ1v) is 3.36. The molecule has 0 atom stereocenters. The van der Waals surface area contributed by atoms with Crippen molar-refractivity contribution in [3.05, 3.63) is 29.3 Å². The van der Waals surface area contributed by atoms with Crippen LogP contribution in [0.5, 0.6) is 0 Å². The number of hydrogen-bond acceptors (Lipinski definition) is 3. The molecule has 6 heteroatoms. The summed E-state index contributed by atoms with van der Waals surface area (Å²) in [6.07, 6.45) is 0.101. The molecule has 0 amide bonds. The highest BCUT2D eigenvalue weighted by Crippen LogP contribution is 2.07. The van der Waals surface area contributed by atoms with Gasteiger partial charge >= 0.3 is 7.12 Å². The molecule has 1 rings (SSSR count). The zero-order valence-electron chi connectivity index (χ0n) is 6.37. The lowest BCUT2D eigenvalue weighted by Crippen LogP contribution is -2.31. The van der Waals surface area contributed by atoms with Crippen LogP contribution in [0.1, 0.15) is 10.4 Å². The van der Waals surface area contributed by atoms with Crippen LogP contribution >= 0.6 is 0 Å². The maximum absolute atomic E-state index is 12.7. The quantitative estimate of drug-likeness (QED) is 0.481. The second-order valence-electron chi connectivity index (χ2n) is 2.40. The van der Waals surface area contributed by atoms with Crippen molar-refractivity contribution < 1.29 is 23.6 Å². The van der Waals surface area contributed by atoms with Crippen LogP contribution in [-0.4, -0.2) is 23.5 Å². The summed E-state index contributed by atoms with van der Waals surface area (Å²) in [5.74, 6) is -2.58. The minimum absolute atomic E-state index is 0.101. The molecule has 0 aliphatic rings. The molecule has 0 aliphatic heterocycles. The van der Waals surface area contributed by atoms with Gasteiger partial charge in [0, 0.05) is 0 Å². The van der Waals surface area contributed by atoms with Gasteiger partial charge in [0.05, 0.1) is 5.56 Å². The highest BCUT2D eigenvalue weighted by Gasteiger charge is 2.17. The maximum Gasteiger partial charge on any atom is 0.488 e. The highest BCUT2D eigenvalue weighted by molar-refractivity contribution is 6.58. The Morgan fingerprint density at radius 1 is 1.31 bits per heavy atom. The van der Waals surface area contributed by atoms with Crippen molar-refractivity contribution in [2.24, 2.45) is 0 Å². The Bertz CT molecular complexity index is 341. The number of hydrogen-bond donors (Lipinski definition) is 2. The standard InChI is InChI=1S/C7H5BF2O3/c9-6-2-5(8(12)13)1-4(3-11)7(6)10/h1-3,12-13H. The van der Waals surface area contributed by atoms with Crippen molar-refractivity contribution in [1.29, 1.82) is 0 Å². The predicted molar refractivity (Wildman–Crippen MR) is 41.6 cm³/mol. The molecule has 1 aromatic carbocycles. The van der Waals surface area contributed by atoms with Gasteiger partial charge in [-0.15, -0.1) is 0 Å². The first kappa shape index (κ1) is 9.82. The Morgan fingerprint density at radius 3 is 2.38 bits per heavy atom. The molecule has 0 aliphatic carbocycles. The van der Waals surface area contributed by atoms with E-state index in [1.165, 1.54) is 0 Å². The van der Waals surface area contributed by atoms with E-state index in [1.807, 2.05) is 0 Å². The van der Waals surface area contributed by atoms with Gasteiger partial charge in [-0.25, -0.2) is 8.78 Å². The zero-order valence-corrected chi connectivity index (χ0v) is 6.37. The first-order chi connectivity index (χ1) is 6.06. The van der Waals surface area contributed by atoms with Gasteiger partial charge in [0.15, 0.2) is 17.9 Å². The van der Waals surface area contributed by atoms with Crippen LogP contribution in [0.4, 0.5) is 8.78 Å². The van der Waals surface area contributed by atoms with Crippen molar-refractivity contribution in [2.75, 3.05) is 0 Å². The zero-order chi connectivity index (χ0) is 10.0. The van der Waals surface area contributed by atoms with Gasteiger partial charge in [-0.05, 0) is 17.6 Å². The Labute approximate surface area is 72.8 Å². The van der Waals surface area contributed by atoms with Crippen LogP contribution in [-0.2, 0) is 0 Å². The van der Waals surface area contributed by atoms with Gasteiger partial charge in [-0.2, -0.15) is 0 Å². The molecule has 3 nitrogen and oxygen atoms in total.